The van der Waals surface area contributed by atoms with Crippen LogP contribution in [0, 0.1) is 0 Å². The summed E-state index contributed by atoms with van der Waals surface area (Å²) in [6.45, 7) is 1.57. The zero-order chi connectivity index (χ0) is 21.9. The van der Waals surface area contributed by atoms with Gasteiger partial charge in [0.2, 0.25) is 0 Å². The number of likely N-dealkylation sites (tertiary alicyclic amines) is 1. The van der Waals surface area contributed by atoms with Crippen LogP contribution in [-0.2, 0) is 4.79 Å². The summed E-state index contributed by atoms with van der Waals surface area (Å²) in [4.78, 5) is 29.7. The van der Waals surface area contributed by atoms with Gasteiger partial charge >= 0.3 is 0 Å². The van der Waals surface area contributed by atoms with Crippen LogP contribution in [0.5, 0.6) is 5.75 Å². The second-order valence-electron chi connectivity index (χ2n) is 8.02. The molecule has 0 radical (unpaired) electrons. The summed E-state index contributed by atoms with van der Waals surface area (Å²) in [5.41, 5.74) is 2.98. The lowest BCUT2D eigenvalue weighted by atomic mass is 10.0. The van der Waals surface area contributed by atoms with Crippen molar-refractivity contribution in [1.82, 2.24) is 4.90 Å². The lowest BCUT2D eigenvalue weighted by Crippen LogP contribution is -2.43. The number of benzene rings is 3. The fourth-order valence-corrected chi connectivity index (χ4v) is 4.36. The van der Waals surface area contributed by atoms with E-state index in [-0.39, 0.29) is 18.4 Å². The Kier molecular flexibility index (Phi) is 5.50. The van der Waals surface area contributed by atoms with Crippen molar-refractivity contribution in [3.63, 3.8) is 0 Å². The molecular formula is C26H25N3O3. The Morgan fingerprint density at radius 3 is 2.41 bits per heavy atom. The quantitative estimate of drug-likeness (QED) is 0.653. The summed E-state index contributed by atoms with van der Waals surface area (Å²) in [6, 6.07) is 24.7. The molecule has 0 unspecified atom stereocenters. The van der Waals surface area contributed by atoms with Crippen LogP contribution in [0.15, 0.2) is 78.9 Å². The third kappa shape index (κ3) is 3.80. The standard InChI is InChI=1S/C26H25N3O3/c30-24(28-16-8-9-17-28)18-32-23-15-7-5-13-21(23)25-27-22-14-6-4-12-20(22)26(31)29(25)19-10-2-1-3-11-19/h1-7,10-15,25,27H,8-9,16-18H2/t25-/m1/s1. The summed E-state index contributed by atoms with van der Waals surface area (Å²) in [5.74, 6) is 0.499. The smallest absolute Gasteiger partial charge is 0.262 e. The van der Waals surface area contributed by atoms with Gasteiger partial charge in [0.05, 0.1) is 5.56 Å². The van der Waals surface area contributed by atoms with Gasteiger partial charge in [-0.25, -0.2) is 0 Å². The minimum Gasteiger partial charge on any atom is -0.483 e. The number of anilines is 2. The van der Waals surface area contributed by atoms with Gasteiger partial charge in [-0.3, -0.25) is 14.5 Å². The molecule has 0 saturated carbocycles. The topological polar surface area (TPSA) is 61.9 Å². The van der Waals surface area contributed by atoms with Gasteiger partial charge in [-0.05, 0) is 43.2 Å². The molecule has 3 aromatic carbocycles. The minimum atomic E-state index is -0.474. The van der Waals surface area contributed by atoms with Crippen LogP contribution < -0.4 is 15.0 Å². The average Bonchev–Trinajstić information content (AvgIpc) is 3.38. The number of hydrogen-bond donors (Lipinski definition) is 1. The monoisotopic (exact) mass is 427 g/mol. The van der Waals surface area contributed by atoms with E-state index in [1.165, 1.54) is 0 Å². The number of nitrogens with zero attached hydrogens (tertiary/aromatic N) is 2. The van der Waals surface area contributed by atoms with Crippen LogP contribution >= 0.6 is 0 Å². The number of hydrogen-bond acceptors (Lipinski definition) is 4. The molecule has 2 aliphatic rings. The summed E-state index contributed by atoms with van der Waals surface area (Å²) >= 11 is 0. The number of amides is 2. The van der Waals surface area contributed by atoms with E-state index in [2.05, 4.69) is 5.32 Å². The second kappa shape index (κ2) is 8.75. The Morgan fingerprint density at radius 1 is 0.906 bits per heavy atom. The van der Waals surface area contributed by atoms with Gasteiger partial charge in [-0.2, -0.15) is 0 Å². The van der Waals surface area contributed by atoms with E-state index >= 15 is 0 Å². The summed E-state index contributed by atoms with van der Waals surface area (Å²) < 4.78 is 6.00. The first kappa shape index (κ1) is 20.1. The molecule has 2 amide bonds. The van der Waals surface area contributed by atoms with E-state index in [1.54, 1.807) is 4.90 Å². The van der Waals surface area contributed by atoms with Crippen molar-refractivity contribution in [2.75, 3.05) is 29.9 Å². The van der Waals surface area contributed by atoms with Gasteiger partial charge in [0.25, 0.3) is 11.8 Å². The summed E-state index contributed by atoms with van der Waals surface area (Å²) in [5, 5.41) is 3.51. The molecule has 1 N–H and O–H groups in total. The fourth-order valence-electron chi connectivity index (χ4n) is 4.36. The van der Waals surface area contributed by atoms with Crippen molar-refractivity contribution in [1.29, 1.82) is 0 Å². The van der Waals surface area contributed by atoms with Crippen molar-refractivity contribution in [3.05, 3.63) is 90.0 Å². The molecule has 5 rings (SSSR count). The molecule has 1 fully saturated rings. The maximum Gasteiger partial charge on any atom is 0.262 e. The molecule has 3 aromatic rings. The van der Waals surface area contributed by atoms with Crippen LogP contribution in [-0.4, -0.2) is 36.4 Å². The predicted octanol–water partition coefficient (Wildman–Crippen LogP) is 4.46. The number of carbonyl (C=O) groups is 2. The largest absolute Gasteiger partial charge is 0.483 e. The SMILES string of the molecule is O=C(COc1ccccc1[C@@H]1Nc2ccccc2C(=O)N1c1ccccc1)N1CCCC1. The molecule has 32 heavy (non-hydrogen) atoms. The van der Waals surface area contributed by atoms with E-state index in [0.29, 0.717) is 11.3 Å². The normalized spacial score (nSPS) is 17.6. The molecule has 2 heterocycles. The molecule has 162 valence electrons. The number of para-hydroxylation sites is 3. The highest BCUT2D eigenvalue weighted by Crippen LogP contribution is 2.39. The lowest BCUT2D eigenvalue weighted by Gasteiger charge is -2.38. The maximum atomic E-state index is 13.5. The van der Waals surface area contributed by atoms with Gasteiger partial charge in [0.1, 0.15) is 11.9 Å². The number of carbonyl (C=O) groups excluding carboxylic acids is 2. The number of nitrogens with one attached hydrogen (secondary N) is 1. The molecule has 1 atom stereocenters. The Bertz CT molecular complexity index is 1130. The highest BCUT2D eigenvalue weighted by molar-refractivity contribution is 6.12. The van der Waals surface area contributed by atoms with Crippen LogP contribution in [0.25, 0.3) is 0 Å². The van der Waals surface area contributed by atoms with Gasteiger partial charge in [0.15, 0.2) is 6.61 Å². The first-order valence-corrected chi connectivity index (χ1v) is 11.0. The maximum absolute atomic E-state index is 13.5. The third-order valence-electron chi connectivity index (χ3n) is 5.98. The van der Waals surface area contributed by atoms with E-state index in [0.717, 1.165) is 42.9 Å². The molecule has 2 aliphatic heterocycles. The average molecular weight is 428 g/mol. The van der Waals surface area contributed by atoms with Crippen molar-refractivity contribution < 1.29 is 14.3 Å². The van der Waals surface area contributed by atoms with Gasteiger partial charge in [-0.15, -0.1) is 0 Å². The van der Waals surface area contributed by atoms with Crippen LogP contribution in [0.1, 0.15) is 34.9 Å². The van der Waals surface area contributed by atoms with E-state index in [4.69, 9.17) is 4.74 Å². The van der Waals surface area contributed by atoms with Crippen molar-refractivity contribution in [2.45, 2.75) is 19.0 Å². The van der Waals surface area contributed by atoms with Gasteiger partial charge in [0, 0.05) is 30.0 Å². The second-order valence-corrected chi connectivity index (χ2v) is 8.02. The zero-order valence-electron chi connectivity index (χ0n) is 17.7. The Morgan fingerprint density at radius 2 is 1.59 bits per heavy atom. The number of fused-ring (bicyclic) bond motifs is 1. The number of rotatable bonds is 5. The van der Waals surface area contributed by atoms with Crippen LogP contribution in [0.2, 0.25) is 0 Å². The molecule has 0 aliphatic carbocycles. The Hall–Kier alpha value is -3.80. The van der Waals surface area contributed by atoms with E-state index in [1.807, 2.05) is 83.8 Å². The Labute approximate surface area is 187 Å². The Balaban J connectivity index is 1.49. The predicted molar refractivity (Wildman–Crippen MR) is 124 cm³/mol. The minimum absolute atomic E-state index is 0.00440. The first-order valence-electron chi connectivity index (χ1n) is 11.0. The van der Waals surface area contributed by atoms with Crippen LogP contribution in [0.3, 0.4) is 0 Å². The molecule has 6 nitrogen and oxygen atoms in total. The van der Waals surface area contributed by atoms with E-state index in [9.17, 15) is 9.59 Å². The molecule has 1 saturated heterocycles. The highest BCUT2D eigenvalue weighted by atomic mass is 16.5. The highest BCUT2D eigenvalue weighted by Gasteiger charge is 2.35. The molecule has 0 aromatic heterocycles. The summed E-state index contributed by atoms with van der Waals surface area (Å²) in [7, 11) is 0. The molecule has 0 bridgehead atoms. The summed E-state index contributed by atoms with van der Waals surface area (Å²) in [6.07, 6.45) is 1.61. The van der Waals surface area contributed by atoms with Crippen molar-refractivity contribution in [3.8, 4) is 5.75 Å². The third-order valence-corrected chi connectivity index (χ3v) is 5.98. The number of ether oxygens (including phenoxy) is 1. The zero-order valence-corrected chi connectivity index (χ0v) is 17.7. The van der Waals surface area contributed by atoms with Crippen molar-refractivity contribution in [2.24, 2.45) is 0 Å². The fraction of sp³-hybridized carbons (Fsp3) is 0.231. The molecule has 6 heteroatoms. The lowest BCUT2D eigenvalue weighted by molar-refractivity contribution is -0.132. The van der Waals surface area contributed by atoms with Gasteiger partial charge < -0.3 is 15.0 Å². The molecule has 0 spiro atoms. The van der Waals surface area contributed by atoms with E-state index < -0.39 is 6.17 Å². The first-order chi connectivity index (χ1) is 15.7. The van der Waals surface area contributed by atoms with Crippen molar-refractivity contribution >= 4 is 23.2 Å². The molecular weight excluding hydrogens is 402 g/mol. The van der Waals surface area contributed by atoms with Gasteiger partial charge in [-0.1, -0.05) is 48.5 Å². The van der Waals surface area contributed by atoms with Crippen LogP contribution in [0.4, 0.5) is 11.4 Å².